The number of aliphatic imine (C=N–C) groups is 1. The monoisotopic (exact) mass is 570 g/mol. The van der Waals surface area contributed by atoms with Gasteiger partial charge in [0.15, 0.2) is 17.7 Å². The molecular formula is C28H19F5N4O2S. The molecule has 204 valence electrons. The maximum atomic E-state index is 15.4. The van der Waals surface area contributed by atoms with Gasteiger partial charge in [-0.2, -0.15) is 13.2 Å². The van der Waals surface area contributed by atoms with Gasteiger partial charge in [-0.15, -0.1) is 16.7 Å². The van der Waals surface area contributed by atoms with Crippen molar-refractivity contribution in [1.29, 1.82) is 0 Å². The Labute approximate surface area is 229 Å². The number of alkyl halides is 3. The minimum atomic E-state index is -4.73. The summed E-state index contributed by atoms with van der Waals surface area (Å²) >= 11 is 1.02. The molecule has 2 aliphatic heterocycles. The predicted molar refractivity (Wildman–Crippen MR) is 140 cm³/mol. The number of ketones is 1. The number of aromatic nitrogens is 2. The van der Waals surface area contributed by atoms with E-state index in [0.29, 0.717) is 5.56 Å². The van der Waals surface area contributed by atoms with Gasteiger partial charge >= 0.3 is 6.18 Å². The molecule has 0 N–H and O–H groups in total. The summed E-state index contributed by atoms with van der Waals surface area (Å²) in [5, 5.41) is 0.262. The van der Waals surface area contributed by atoms with Crippen LogP contribution < -0.4 is 0 Å². The van der Waals surface area contributed by atoms with Crippen LogP contribution in [0.15, 0.2) is 65.9 Å². The van der Waals surface area contributed by atoms with Crippen LogP contribution in [0.1, 0.15) is 33.6 Å². The Morgan fingerprint density at radius 3 is 2.62 bits per heavy atom. The molecule has 2 aliphatic rings. The van der Waals surface area contributed by atoms with Gasteiger partial charge in [-0.1, -0.05) is 43.0 Å². The number of benzene rings is 2. The first kappa shape index (κ1) is 27.6. The summed E-state index contributed by atoms with van der Waals surface area (Å²) in [5.74, 6) is -3.37. The van der Waals surface area contributed by atoms with Crippen molar-refractivity contribution in [1.82, 2.24) is 9.97 Å². The topological polar surface area (TPSA) is 68.8 Å². The Bertz CT molecular complexity index is 1540. The molecule has 0 spiro atoms. The van der Waals surface area contributed by atoms with Crippen LogP contribution in [0.2, 0.25) is 0 Å². The highest BCUT2D eigenvalue weighted by molar-refractivity contribution is 8.14. The molecule has 12 heteroatoms. The number of carbonyl (C=O) groups excluding carboxylic acids is 1. The number of fused-ring (bicyclic) bond motifs is 1. The third kappa shape index (κ3) is 5.39. The van der Waals surface area contributed by atoms with Gasteiger partial charge in [0.1, 0.15) is 23.2 Å². The number of nitrogens with zero attached hydrogens (tertiary/aromatic N) is 4. The van der Waals surface area contributed by atoms with Gasteiger partial charge in [-0.25, -0.2) is 8.78 Å². The number of halogens is 5. The van der Waals surface area contributed by atoms with Gasteiger partial charge in [-0.05, 0) is 23.8 Å². The first-order valence-electron chi connectivity index (χ1n) is 12.0. The van der Waals surface area contributed by atoms with Crippen LogP contribution in [-0.2, 0) is 10.3 Å². The third-order valence-corrected chi connectivity index (χ3v) is 7.79. The molecule has 1 saturated heterocycles. The molecule has 3 aromatic rings. The second-order valence-electron chi connectivity index (χ2n) is 9.19. The Morgan fingerprint density at radius 1 is 1.18 bits per heavy atom. The third-order valence-electron chi connectivity index (χ3n) is 6.69. The molecule has 5 rings (SSSR count). The SMILES string of the molecule is [C-]#[N+]c1cnc(/C(F)=C/c2ccc(F)c([C@]34CO[C@H](C(F)(F)F)[C@H]3CSC(CC(=O)c3ccccc3)=N4)c2)cn1. The van der Waals surface area contributed by atoms with E-state index in [4.69, 9.17) is 11.3 Å². The maximum Gasteiger partial charge on any atom is 0.415 e. The number of carbonyl (C=O) groups is 1. The van der Waals surface area contributed by atoms with Crippen LogP contribution in [0.25, 0.3) is 16.7 Å². The molecule has 2 aromatic carbocycles. The van der Waals surface area contributed by atoms with Crippen molar-refractivity contribution >= 4 is 40.3 Å². The van der Waals surface area contributed by atoms with Gasteiger partial charge in [0.25, 0.3) is 5.82 Å². The Balaban J connectivity index is 1.55. The lowest BCUT2D eigenvalue weighted by molar-refractivity contribution is -0.215. The quantitative estimate of drug-likeness (QED) is 0.185. The van der Waals surface area contributed by atoms with E-state index in [1.165, 1.54) is 12.1 Å². The Hall–Kier alpha value is -3.95. The van der Waals surface area contributed by atoms with Gasteiger partial charge in [0, 0.05) is 22.8 Å². The van der Waals surface area contributed by atoms with Crippen molar-refractivity contribution in [2.75, 3.05) is 12.4 Å². The van der Waals surface area contributed by atoms with E-state index in [2.05, 4.69) is 19.8 Å². The number of hydrogen-bond donors (Lipinski definition) is 0. The van der Waals surface area contributed by atoms with Crippen LogP contribution in [-0.4, -0.2) is 45.4 Å². The number of thioether (sulfide) groups is 1. The highest BCUT2D eigenvalue weighted by Gasteiger charge is 2.62. The number of rotatable bonds is 6. The smallest absolute Gasteiger partial charge is 0.365 e. The zero-order valence-electron chi connectivity index (χ0n) is 20.5. The van der Waals surface area contributed by atoms with E-state index in [9.17, 15) is 22.4 Å². The largest absolute Gasteiger partial charge is 0.415 e. The molecule has 1 fully saturated rings. The highest BCUT2D eigenvalue weighted by atomic mass is 32.2. The molecule has 0 aliphatic carbocycles. The Kier molecular flexibility index (Phi) is 7.53. The second kappa shape index (κ2) is 10.9. The number of Topliss-reactive ketones (excluding diaryl/α,β-unsaturated/α-hetero) is 1. The minimum absolute atomic E-state index is 0.0270. The predicted octanol–water partition coefficient (Wildman–Crippen LogP) is 6.82. The molecule has 0 amide bonds. The first-order chi connectivity index (χ1) is 19.1. The minimum Gasteiger partial charge on any atom is -0.365 e. The number of ether oxygens (including phenoxy) is 1. The van der Waals surface area contributed by atoms with Crippen LogP contribution in [0, 0.1) is 18.3 Å². The van der Waals surface area contributed by atoms with E-state index in [1.54, 1.807) is 30.3 Å². The normalized spacial score (nSPS) is 22.8. The van der Waals surface area contributed by atoms with Crippen molar-refractivity contribution in [2.45, 2.75) is 24.2 Å². The van der Waals surface area contributed by atoms with Gasteiger partial charge in [0.05, 0.1) is 24.3 Å². The zero-order chi connectivity index (χ0) is 28.5. The Morgan fingerprint density at radius 2 is 1.95 bits per heavy atom. The number of hydrogen-bond acceptors (Lipinski definition) is 6. The highest BCUT2D eigenvalue weighted by Crippen LogP contribution is 2.52. The lowest BCUT2D eigenvalue weighted by Crippen LogP contribution is -2.45. The van der Waals surface area contributed by atoms with Crippen LogP contribution in [0.3, 0.4) is 0 Å². The molecular weight excluding hydrogens is 551 g/mol. The fraction of sp³-hybridized carbons (Fsp3) is 0.250. The molecule has 1 aromatic heterocycles. The first-order valence-corrected chi connectivity index (χ1v) is 12.9. The summed E-state index contributed by atoms with van der Waals surface area (Å²) in [7, 11) is 0. The molecule has 6 nitrogen and oxygen atoms in total. The van der Waals surface area contributed by atoms with E-state index >= 15 is 4.39 Å². The second-order valence-corrected chi connectivity index (χ2v) is 10.3. The molecule has 0 radical (unpaired) electrons. The van der Waals surface area contributed by atoms with E-state index in [0.717, 1.165) is 36.3 Å². The molecule has 3 heterocycles. The van der Waals surface area contributed by atoms with Gasteiger partial charge < -0.3 is 9.58 Å². The summed E-state index contributed by atoms with van der Waals surface area (Å²) in [5.41, 5.74) is -1.59. The lowest BCUT2D eigenvalue weighted by atomic mass is 9.78. The summed E-state index contributed by atoms with van der Waals surface area (Å²) < 4.78 is 77.2. The van der Waals surface area contributed by atoms with Crippen molar-refractivity contribution in [3.05, 3.63) is 101 Å². The molecule has 0 saturated carbocycles. The standard InChI is InChI=1S/C28H19F5N4O2S/c1-34-24-13-35-22(12-36-24)21(30)10-16-7-8-20(29)18(9-16)27-15-39-26(28(31,32)33)19(27)14-40-25(37-27)11-23(38)17-5-3-2-4-6-17/h2-10,12-13,19,26H,11,14-15H2/b21-10-/t19-,26+,27-/m1/s1. The van der Waals surface area contributed by atoms with Crippen molar-refractivity contribution in [3.63, 3.8) is 0 Å². The molecule has 3 atom stereocenters. The average molecular weight is 571 g/mol. The van der Waals surface area contributed by atoms with E-state index < -0.39 is 42.0 Å². The van der Waals surface area contributed by atoms with Crippen LogP contribution in [0.4, 0.5) is 27.8 Å². The lowest BCUT2D eigenvalue weighted by Gasteiger charge is -2.37. The summed E-state index contributed by atoms with van der Waals surface area (Å²) in [6.07, 6.45) is -3.90. The fourth-order valence-electron chi connectivity index (χ4n) is 4.77. The van der Waals surface area contributed by atoms with E-state index in [-0.39, 0.29) is 45.6 Å². The van der Waals surface area contributed by atoms with Crippen LogP contribution >= 0.6 is 11.8 Å². The van der Waals surface area contributed by atoms with Crippen LogP contribution in [0.5, 0.6) is 0 Å². The summed E-state index contributed by atoms with van der Waals surface area (Å²) in [4.78, 5) is 28.1. The molecule has 0 unspecified atom stereocenters. The summed E-state index contributed by atoms with van der Waals surface area (Å²) in [6.45, 7) is 6.35. The fourth-order valence-corrected chi connectivity index (χ4v) is 6.06. The van der Waals surface area contributed by atoms with Gasteiger partial charge in [-0.3, -0.25) is 14.8 Å². The average Bonchev–Trinajstić information content (AvgIpc) is 3.35. The van der Waals surface area contributed by atoms with Crippen molar-refractivity contribution in [3.8, 4) is 0 Å². The molecule has 40 heavy (non-hydrogen) atoms. The van der Waals surface area contributed by atoms with Gasteiger partial charge in [0.2, 0.25) is 0 Å². The van der Waals surface area contributed by atoms with Crippen molar-refractivity contribution in [2.24, 2.45) is 10.9 Å². The van der Waals surface area contributed by atoms with Crippen molar-refractivity contribution < 1.29 is 31.5 Å². The zero-order valence-corrected chi connectivity index (χ0v) is 21.3. The maximum absolute atomic E-state index is 15.4. The van der Waals surface area contributed by atoms with E-state index in [1.807, 2.05) is 0 Å². The summed E-state index contributed by atoms with van der Waals surface area (Å²) in [6, 6.07) is 11.9. The molecule has 0 bridgehead atoms.